The van der Waals surface area contributed by atoms with Crippen molar-refractivity contribution in [1.29, 1.82) is 0 Å². The maximum atomic E-state index is 5.41. The van der Waals surface area contributed by atoms with Gasteiger partial charge in [-0.3, -0.25) is 0 Å². The largest absolute Gasteiger partial charge is 0.369 e. The molecule has 6 nitrogen and oxygen atoms in total. The van der Waals surface area contributed by atoms with Crippen molar-refractivity contribution in [2.75, 3.05) is 0 Å². The molecule has 2 aliphatic rings. The van der Waals surface area contributed by atoms with Gasteiger partial charge in [0, 0.05) is 0 Å². The maximum absolute atomic E-state index is 5.41. The van der Waals surface area contributed by atoms with Crippen molar-refractivity contribution < 1.29 is 0 Å². The summed E-state index contributed by atoms with van der Waals surface area (Å²) in [5, 5.41) is 2.73. The molecule has 1 atom stereocenters. The van der Waals surface area contributed by atoms with E-state index in [4.69, 9.17) is 23.7 Å². The zero-order valence-corrected chi connectivity index (χ0v) is 6.80. The van der Waals surface area contributed by atoms with Crippen LogP contribution in [0.1, 0.15) is 0 Å². The quantitative estimate of drug-likeness (QED) is 0.390. The number of aliphatic imine (C=N–C) groups is 3. The van der Waals surface area contributed by atoms with Crippen LogP contribution in [0.4, 0.5) is 0 Å². The topological polar surface area (TPSA) is 101 Å². The Labute approximate surface area is 73.5 Å². The molecule has 62 valence electrons. The van der Waals surface area contributed by atoms with E-state index in [2.05, 4.69) is 20.3 Å². The molecule has 2 aliphatic heterocycles. The van der Waals surface area contributed by atoms with Crippen LogP contribution in [0, 0.1) is 0 Å². The zero-order valence-electron chi connectivity index (χ0n) is 5.98. The van der Waals surface area contributed by atoms with Crippen molar-refractivity contribution >= 4 is 35.0 Å². The van der Waals surface area contributed by atoms with Crippen LogP contribution in [-0.4, -0.2) is 28.8 Å². The molecule has 0 aromatic carbocycles. The number of guanidine groups is 2. The van der Waals surface area contributed by atoms with Gasteiger partial charge in [0.2, 0.25) is 5.96 Å². The van der Waals surface area contributed by atoms with Crippen molar-refractivity contribution in [3.63, 3.8) is 0 Å². The van der Waals surface area contributed by atoms with Gasteiger partial charge in [0.1, 0.15) is 10.8 Å². The summed E-state index contributed by atoms with van der Waals surface area (Å²) < 4.78 is 0. The second-order valence-electron chi connectivity index (χ2n) is 2.35. The molecule has 0 radical (unpaired) electrons. The number of nitrogens with zero attached hydrogens (tertiary/aromatic N) is 3. The Hall–Kier alpha value is -1.50. The Bertz CT molecular complexity index is 340. The summed E-state index contributed by atoms with van der Waals surface area (Å²) >= 11 is 4.92. The predicted octanol–water partition coefficient (Wildman–Crippen LogP) is -1.67. The Morgan fingerprint density at radius 1 is 1.33 bits per heavy atom. The Morgan fingerprint density at radius 2 is 2.08 bits per heavy atom. The summed E-state index contributed by atoms with van der Waals surface area (Å²) in [6, 6.07) is -0.340. The minimum atomic E-state index is -0.340. The first kappa shape index (κ1) is 7.17. The van der Waals surface area contributed by atoms with E-state index >= 15 is 0 Å². The molecule has 5 N–H and O–H groups in total. The molecule has 0 spiro atoms. The smallest absolute Gasteiger partial charge is 0.218 e. The van der Waals surface area contributed by atoms with Gasteiger partial charge in [-0.25, -0.2) is 9.98 Å². The van der Waals surface area contributed by atoms with Crippen LogP contribution in [0.5, 0.6) is 0 Å². The third-order valence-electron chi connectivity index (χ3n) is 1.48. The normalized spacial score (nSPS) is 26.8. The monoisotopic (exact) mass is 182 g/mol. The van der Waals surface area contributed by atoms with Crippen molar-refractivity contribution in [1.82, 2.24) is 5.32 Å². The molecule has 0 aliphatic carbocycles. The number of fused-ring (bicyclic) bond motifs is 1. The number of nitrogens with one attached hydrogen (secondary N) is 1. The average Bonchev–Trinajstić information content (AvgIpc) is 2.29. The maximum Gasteiger partial charge on any atom is 0.218 e. The number of nitrogens with two attached hydrogens (primary N) is 2. The summed E-state index contributed by atoms with van der Waals surface area (Å²) in [5.74, 6) is 1.000. The lowest BCUT2D eigenvalue weighted by Crippen LogP contribution is -2.48. The van der Waals surface area contributed by atoms with Crippen molar-refractivity contribution in [2.45, 2.75) is 6.04 Å². The summed E-state index contributed by atoms with van der Waals surface area (Å²) in [6.07, 6.45) is 0. The molecule has 0 saturated heterocycles. The molecule has 2 rings (SSSR count). The number of thiocarbonyl (C=S) groups is 1. The van der Waals surface area contributed by atoms with Gasteiger partial charge in [-0.1, -0.05) is 12.2 Å². The fraction of sp³-hybridized carbons (Fsp3) is 0.200. The van der Waals surface area contributed by atoms with Gasteiger partial charge >= 0.3 is 0 Å². The summed E-state index contributed by atoms with van der Waals surface area (Å²) in [4.78, 5) is 12.1. The lowest BCUT2D eigenvalue weighted by molar-refractivity contribution is 1.08. The van der Waals surface area contributed by atoms with Gasteiger partial charge in [-0.15, -0.1) is 0 Å². The summed E-state index contributed by atoms with van der Waals surface area (Å²) in [7, 11) is 0. The van der Waals surface area contributed by atoms with Crippen molar-refractivity contribution in [3.05, 3.63) is 0 Å². The predicted molar refractivity (Wildman–Crippen MR) is 50.2 cm³/mol. The van der Waals surface area contributed by atoms with Crippen LogP contribution in [0.25, 0.3) is 0 Å². The minimum Gasteiger partial charge on any atom is -0.369 e. The molecule has 12 heavy (non-hydrogen) atoms. The van der Waals surface area contributed by atoms with E-state index in [1.54, 1.807) is 0 Å². The summed E-state index contributed by atoms with van der Waals surface area (Å²) in [6.45, 7) is 0. The molecule has 7 heteroatoms. The fourth-order valence-corrected chi connectivity index (χ4v) is 1.28. The molecule has 0 amide bonds. The third kappa shape index (κ3) is 0.944. The van der Waals surface area contributed by atoms with E-state index < -0.39 is 0 Å². The van der Waals surface area contributed by atoms with Crippen molar-refractivity contribution in [3.8, 4) is 0 Å². The van der Waals surface area contributed by atoms with Gasteiger partial charge in [0.25, 0.3) is 0 Å². The SMILES string of the molecule is NC1=NC2C(=S)N=C(N)NC2=N1. The van der Waals surface area contributed by atoms with Crippen LogP contribution in [0.3, 0.4) is 0 Å². The number of amidine groups is 1. The van der Waals surface area contributed by atoms with Crippen LogP contribution in [0.2, 0.25) is 0 Å². The molecule has 0 aromatic heterocycles. The van der Waals surface area contributed by atoms with Gasteiger partial charge < -0.3 is 16.8 Å². The van der Waals surface area contributed by atoms with Gasteiger partial charge in [-0.2, -0.15) is 4.99 Å². The highest BCUT2D eigenvalue weighted by atomic mass is 32.1. The zero-order chi connectivity index (χ0) is 8.72. The van der Waals surface area contributed by atoms with Crippen LogP contribution >= 0.6 is 12.2 Å². The first-order valence-corrected chi connectivity index (χ1v) is 3.64. The number of hydrogen-bond donors (Lipinski definition) is 3. The Kier molecular flexibility index (Phi) is 1.34. The van der Waals surface area contributed by atoms with E-state index in [1.165, 1.54) is 0 Å². The fourth-order valence-electron chi connectivity index (χ4n) is 1.01. The highest BCUT2D eigenvalue weighted by Gasteiger charge is 2.29. The highest BCUT2D eigenvalue weighted by molar-refractivity contribution is 7.80. The van der Waals surface area contributed by atoms with E-state index in [9.17, 15) is 0 Å². The van der Waals surface area contributed by atoms with E-state index in [1.807, 2.05) is 0 Å². The molecule has 0 saturated carbocycles. The molecule has 0 aromatic rings. The first-order chi connectivity index (χ1) is 5.66. The number of rotatable bonds is 0. The minimum absolute atomic E-state index is 0.203. The molecule has 0 fully saturated rings. The standard InChI is InChI=1S/C5H6N6S/c6-4-8-1-2(9-4)10-5(7)11-3(1)12/h1H,(H5,6,7,8,9,10,11,12). The Balaban J connectivity index is 2.40. The van der Waals surface area contributed by atoms with Crippen LogP contribution in [-0.2, 0) is 0 Å². The van der Waals surface area contributed by atoms with Crippen LogP contribution in [0.15, 0.2) is 15.0 Å². The lowest BCUT2D eigenvalue weighted by atomic mass is 10.2. The van der Waals surface area contributed by atoms with E-state index in [0.29, 0.717) is 10.8 Å². The lowest BCUT2D eigenvalue weighted by Gasteiger charge is -2.16. The first-order valence-electron chi connectivity index (χ1n) is 3.24. The molecular weight excluding hydrogens is 176 g/mol. The van der Waals surface area contributed by atoms with E-state index in [-0.39, 0.29) is 18.0 Å². The second kappa shape index (κ2) is 2.24. The number of hydrogen-bond acceptors (Lipinski definition) is 6. The average molecular weight is 182 g/mol. The molecule has 2 heterocycles. The second-order valence-corrected chi connectivity index (χ2v) is 2.77. The van der Waals surface area contributed by atoms with E-state index in [0.717, 1.165) is 0 Å². The van der Waals surface area contributed by atoms with Gasteiger partial charge in [0.05, 0.1) is 0 Å². The van der Waals surface area contributed by atoms with Gasteiger partial charge in [0.15, 0.2) is 12.0 Å². The van der Waals surface area contributed by atoms with Crippen LogP contribution < -0.4 is 16.8 Å². The molecule has 0 bridgehead atoms. The highest BCUT2D eigenvalue weighted by Crippen LogP contribution is 2.08. The third-order valence-corrected chi connectivity index (χ3v) is 1.79. The Morgan fingerprint density at radius 3 is 2.83 bits per heavy atom. The van der Waals surface area contributed by atoms with Crippen molar-refractivity contribution in [2.24, 2.45) is 26.4 Å². The van der Waals surface area contributed by atoms with Gasteiger partial charge in [-0.05, 0) is 0 Å². The summed E-state index contributed by atoms with van der Waals surface area (Å²) in [5.41, 5.74) is 10.8. The molecular formula is C5H6N6S. The molecule has 1 unspecified atom stereocenters.